The van der Waals surface area contributed by atoms with Gasteiger partial charge in [-0.05, 0) is 83.5 Å². The van der Waals surface area contributed by atoms with Crippen LogP contribution in [0.1, 0.15) is 0 Å². The number of rotatable bonds is 6. The highest BCUT2D eigenvalue weighted by atomic mass is 16.3. The van der Waals surface area contributed by atoms with Gasteiger partial charge in [0.25, 0.3) is 0 Å². The van der Waals surface area contributed by atoms with Crippen molar-refractivity contribution in [3.05, 3.63) is 224 Å². The summed E-state index contributed by atoms with van der Waals surface area (Å²) in [6, 6.07) is 79.4. The van der Waals surface area contributed by atoms with E-state index in [0.717, 1.165) is 77.2 Å². The van der Waals surface area contributed by atoms with Gasteiger partial charge in [-0.3, -0.25) is 0 Å². The Morgan fingerprint density at radius 3 is 1.12 bits per heavy atom. The summed E-state index contributed by atoms with van der Waals surface area (Å²) in [5.74, 6) is 1.92. The van der Waals surface area contributed by atoms with E-state index in [4.69, 9.17) is 19.4 Å². The van der Waals surface area contributed by atoms with Crippen molar-refractivity contribution >= 4 is 65.0 Å². The number of furan rings is 1. The van der Waals surface area contributed by atoms with Crippen LogP contribution in [0.5, 0.6) is 0 Å². The summed E-state index contributed by atoms with van der Waals surface area (Å²) in [6.45, 7) is 0. The molecule has 0 aliphatic carbocycles. The third kappa shape index (κ3) is 6.03. The number of fused-ring (bicyclic) bond motifs is 9. The van der Waals surface area contributed by atoms with E-state index < -0.39 is 0 Å². The van der Waals surface area contributed by atoms with Crippen molar-refractivity contribution in [2.45, 2.75) is 0 Å². The zero-order valence-electron chi connectivity index (χ0n) is 35.1. The molecule has 2 heterocycles. The second kappa shape index (κ2) is 15.0. The highest BCUT2D eigenvalue weighted by Crippen LogP contribution is 2.47. The number of hydrogen-bond acceptors (Lipinski definition) is 4. The second-order valence-corrected chi connectivity index (χ2v) is 16.6. The van der Waals surface area contributed by atoms with Gasteiger partial charge in [0.15, 0.2) is 17.5 Å². The molecule has 2 aromatic heterocycles. The van der Waals surface area contributed by atoms with Crippen molar-refractivity contribution in [3.8, 4) is 67.5 Å². The first-order chi connectivity index (χ1) is 32.2. The Morgan fingerprint density at radius 2 is 0.585 bits per heavy atom. The minimum atomic E-state index is 0.637. The molecule has 65 heavy (non-hydrogen) atoms. The van der Waals surface area contributed by atoms with E-state index in [2.05, 4.69) is 164 Å². The topological polar surface area (TPSA) is 51.8 Å². The van der Waals surface area contributed by atoms with Gasteiger partial charge in [-0.25, -0.2) is 15.0 Å². The molecule has 0 N–H and O–H groups in total. The van der Waals surface area contributed by atoms with E-state index in [1.807, 2.05) is 60.7 Å². The molecule has 4 nitrogen and oxygen atoms in total. The van der Waals surface area contributed by atoms with E-state index in [-0.39, 0.29) is 0 Å². The Kier molecular flexibility index (Phi) is 8.50. The molecule has 0 radical (unpaired) electrons. The Hall–Kier alpha value is -8.73. The lowest BCUT2D eigenvalue weighted by Crippen LogP contribution is -2.00. The molecule has 4 heteroatoms. The number of aromatic nitrogens is 3. The zero-order chi connectivity index (χ0) is 42.8. The first kappa shape index (κ1) is 36.9. The molecule has 0 aliphatic rings. The zero-order valence-corrected chi connectivity index (χ0v) is 35.1. The Labute approximate surface area is 374 Å². The van der Waals surface area contributed by atoms with E-state index in [0.29, 0.717) is 17.5 Å². The predicted octanol–water partition coefficient (Wildman–Crippen LogP) is 16.4. The molecule has 13 aromatic rings. The van der Waals surface area contributed by atoms with Crippen LogP contribution in [0.25, 0.3) is 133 Å². The summed E-state index contributed by atoms with van der Waals surface area (Å²) in [4.78, 5) is 15.2. The fourth-order valence-electron chi connectivity index (χ4n) is 9.93. The third-order valence-electron chi connectivity index (χ3n) is 12.9. The standard InChI is InChI=1S/C61H37N3O/c1-4-18-38(19-5-1)41-30-16-31-49-50-32-17-33-51(58(50)65-57(41)49)54-37-56-46-28-14-12-26-44(46)53(36-55(56)47-29-15-13-27-45(47)54)48-34-35-52(43-25-11-10-24-42(43)48)61-63-59(39-20-6-2-7-21-39)62-60(64-61)40-22-8-3-9-23-40/h1-37H. The Bertz CT molecular complexity index is 3930. The molecule has 0 unspecified atom stereocenters. The maximum Gasteiger partial charge on any atom is 0.164 e. The molecule has 11 aromatic carbocycles. The maximum absolute atomic E-state index is 6.98. The molecule has 0 atom stereocenters. The van der Waals surface area contributed by atoms with Crippen LogP contribution in [0.3, 0.4) is 0 Å². The minimum Gasteiger partial charge on any atom is -0.455 e. The summed E-state index contributed by atoms with van der Waals surface area (Å²) >= 11 is 0. The molecular weight excluding hydrogens is 791 g/mol. The lowest BCUT2D eigenvalue weighted by molar-refractivity contribution is 0.671. The second-order valence-electron chi connectivity index (χ2n) is 16.6. The number of para-hydroxylation sites is 2. The quantitative estimate of drug-likeness (QED) is 0.157. The van der Waals surface area contributed by atoms with Crippen LogP contribution in [0.4, 0.5) is 0 Å². The predicted molar refractivity (Wildman–Crippen MR) is 270 cm³/mol. The van der Waals surface area contributed by atoms with Crippen LogP contribution < -0.4 is 0 Å². The van der Waals surface area contributed by atoms with Crippen molar-refractivity contribution in [1.29, 1.82) is 0 Å². The van der Waals surface area contributed by atoms with E-state index in [1.165, 1.54) is 37.9 Å². The summed E-state index contributed by atoms with van der Waals surface area (Å²) < 4.78 is 6.98. The Balaban J connectivity index is 1.02. The molecular formula is C61H37N3O. The SMILES string of the molecule is c1ccc(-c2nc(-c3ccccc3)nc(-c3ccc(-c4cc5c6ccccc6c(-c6cccc7c6oc6c(-c8ccccc8)cccc67)cc5c5ccccc45)c4ccccc34)n2)cc1. The van der Waals surface area contributed by atoms with Crippen LogP contribution >= 0.6 is 0 Å². The van der Waals surface area contributed by atoms with Crippen molar-refractivity contribution in [2.75, 3.05) is 0 Å². The molecule has 0 amide bonds. The van der Waals surface area contributed by atoms with Gasteiger partial charge >= 0.3 is 0 Å². The summed E-state index contributed by atoms with van der Waals surface area (Å²) in [5, 5.41) is 11.6. The minimum absolute atomic E-state index is 0.637. The summed E-state index contributed by atoms with van der Waals surface area (Å²) in [7, 11) is 0. The normalized spacial score (nSPS) is 11.7. The molecule has 13 rings (SSSR count). The lowest BCUT2D eigenvalue weighted by Gasteiger charge is -2.18. The lowest BCUT2D eigenvalue weighted by atomic mass is 9.86. The highest BCUT2D eigenvalue weighted by Gasteiger charge is 2.21. The Morgan fingerprint density at radius 1 is 0.215 bits per heavy atom. The summed E-state index contributed by atoms with van der Waals surface area (Å²) in [5.41, 5.74) is 11.4. The first-order valence-electron chi connectivity index (χ1n) is 22.0. The van der Waals surface area contributed by atoms with Gasteiger partial charge in [0.1, 0.15) is 11.2 Å². The van der Waals surface area contributed by atoms with Gasteiger partial charge in [0.05, 0.1) is 0 Å². The number of benzene rings is 11. The van der Waals surface area contributed by atoms with Crippen molar-refractivity contribution in [2.24, 2.45) is 0 Å². The van der Waals surface area contributed by atoms with Gasteiger partial charge < -0.3 is 4.42 Å². The van der Waals surface area contributed by atoms with Gasteiger partial charge in [0.2, 0.25) is 0 Å². The largest absolute Gasteiger partial charge is 0.455 e. The third-order valence-corrected chi connectivity index (χ3v) is 12.9. The molecule has 0 aliphatic heterocycles. The molecule has 0 saturated carbocycles. The molecule has 0 spiro atoms. The molecule has 0 bridgehead atoms. The smallest absolute Gasteiger partial charge is 0.164 e. The van der Waals surface area contributed by atoms with Crippen molar-refractivity contribution in [1.82, 2.24) is 15.0 Å². The van der Waals surface area contributed by atoms with E-state index >= 15 is 0 Å². The molecule has 0 saturated heterocycles. The van der Waals surface area contributed by atoms with Crippen LogP contribution in [-0.2, 0) is 0 Å². The van der Waals surface area contributed by atoms with Crippen LogP contribution in [-0.4, -0.2) is 15.0 Å². The van der Waals surface area contributed by atoms with Gasteiger partial charge in [-0.15, -0.1) is 0 Å². The first-order valence-corrected chi connectivity index (χ1v) is 22.0. The van der Waals surface area contributed by atoms with E-state index in [9.17, 15) is 0 Å². The van der Waals surface area contributed by atoms with Crippen LogP contribution in [0, 0.1) is 0 Å². The van der Waals surface area contributed by atoms with Crippen LogP contribution in [0.2, 0.25) is 0 Å². The maximum atomic E-state index is 6.98. The number of nitrogens with zero attached hydrogens (tertiary/aromatic N) is 3. The highest BCUT2D eigenvalue weighted by molar-refractivity contribution is 6.26. The monoisotopic (exact) mass is 827 g/mol. The average molecular weight is 828 g/mol. The molecule has 0 fully saturated rings. The summed E-state index contributed by atoms with van der Waals surface area (Å²) in [6.07, 6.45) is 0. The fraction of sp³-hybridized carbons (Fsp3) is 0. The van der Waals surface area contributed by atoms with Gasteiger partial charge in [-0.1, -0.05) is 206 Å². The van der Waals surface area contributed by atoms with Crippen LogP contribution in [0.15, 0.2) is 229 Å². The van der Waals surface area contributed by atoms with Crippen molar-refractivity contribution in [3.63, 3.8) is 0 Å². The average Bonchev–Trinajstić information content (AvgIpc) is 3.78. The van der Waals surface area contributed by atoms with Gasteiger partial charge in [-0.2, -0.15) is 0 Å². The van der Waals surface area contributed by atoms with Gasteiger partial charge in [0, 0.05) is 38.6 Å². The molecule has 302 valence electrons. The fourth-order valence-corrected chi connectivity index (χ4v) is 9.93. The van der Waals surface area contributed by atoms with E-state index in [1.54, 1.807) is 0 Å². The number of hydrogen-bond donors (Lipinski definition) is 0. The van der Waals surface area contributed by atoms with Crippen molar-refractivity contribution < 1.29 is 4.42 Å².